The van der Waals surface area contributed by atoms with Gasteiger partial charge in [0.05, 0.1) is 13.2 Å². The van der Waals surface area contributed by atoms with E-state index in [2.05, 4.69) is 10.6 Å². The Labute approximate surface area is 201 Å². The normalized spacial score (nSPS) is 28.4. The van der Waals surface area contributed by atoms with Gasteiger partial charge in [-0.15, -0.1) is 0 Å². The van der Waals surface area contributed by atoms with Crippen molar-refractivity contribution in [1.82, 2.24) is 15.5 Å². The SMILES string of the molecule is COC(=O)[C@@H]1CC/C=C\CCCCC[C@H](NC(=O)OC(C)(C)C)C(=O)N2C[C@@H](O)C[C@H]2C(=O)N1. The van der Waals surface area contributed by atoms with Crippen LogP contribution in [0.2, 0.25) is 0 Å². The molecule has 2 aliphatic rings. The minimum absolute atomic E-state index is 0.0327. The fraction of sp³-hybridized carbons (Fsp3) is 0.750. The molecule has 0 unspecified atom stereocenters. The van der Waals surface area contributed by atoms with E-state index in [1.54, 1.807) is 20.8 Å². The first-order valence-corrected chi connectivity index (χ1v) is 12.0. The number of aliphatic hydroxyl groups is 1. The van der Waals surface area contributed by atoms with Crippen molar-refractivity contribution in [2.45, 2.75) is 102 Å². The Hall–Kier alpha value is -2.62. The lowest BCUT2D eigenvalue weighted by molar-refractivity contribution is -0.146. The summed E-state index contributed by atoms with van der Waals surface area (Å²) >= 11 is 0. The van der Waals surface area contributed by atoms with Gasteiger partial charge in [-0.25, -0.2) is 9.59 Å². The Morgan fingerprint density at radius 2 is 1.82 bits per heavy atom. The van der Waals surface area contributed by atoms with Crippen LogP contribution in [0, 0.1) is 0 Å². The summed E-state index contributed by atoms with van der Waals surface area (Å²) in [4.78, 5) is 52.4. The standard InChI is InChI=1S/C24H39N3O7/c1-24(2,3)34-23(32)26-17-12-10-8-6-5-7-9-11-13-18(22(31)33-4)25-20(29)19-14-16(28)15-27(19)21(17)30/h7,9,16-19,28H,5-6,8,10-15H2,1-4H3,(H,25,29)(H,26,32)/b9-7-/t16-,17-,18-,19-/m0/s1. The van der Waals surface area contributed by atoms with Gasteiger partial charge in [-0.1, -0.05) is 25.0 Å². The van der Waals surface area contributed by atoms with E-state index in [9.17, 15) is 24.3 Å². The molecule has 34 heavy (non-hydrogen) atoms. The number of esters is 1. The second-order valence-electron chi connectivity index (χ2n) is 9.87. The molecule has 192 valence electrons. The first-order chi connectivity index (χ1) is 16.0. The van der Waals surface area contributed by atoms with Crippen molar-refractivity contribution in [2.75, 3.05) is 13.7 Å². The van der Waals surface area contributed by atoms with E-state index in [1.165, 1.54) is 12.0 Å². The molecule has 4 atom stereocenters. The van der Waals surface area contributed by atoms with Crippen LogP contribution in [0.25, 0.3) is 0 Å². The van der Waals surface area contributed by atoms with Gasteiger partial charge in [-0.3, -0.25) is 9.59 Å². The summed E-state index contributed by atoms with van der Waals surface area (Å²) in [5.41, 5.74) is -0.729. The third-order valence-corrected chi connectivity index (χ3v) is 5.81. The molecule has 2 heterocycles. The smallest absolute Gasteiger partial charge is 0.408 e. The van der Waals surface area contributed by atoms with E-state index in [1.807, 2.05) is 12.2 Å². The highest BCUT2D eigenvalue weighted by atomic mass is 16.6. The maximum atomic E-state index is 13.4. The Kier molecular flexibility index (Phi) is 10.3. The molecule has 10 heteroatoms. The fourth-order valence-electron chi connectivity index (χ4n) is 4.16. The van der Waals surface area contributed by atoms with E-state index in [0.29, 0.717) is 25.7 Å². The molecule has 0 aromatic carbocycles. The lowest BCUT2D eigenvalue weighted by Crippen LogP contribution is -2.55. The van der Waals surface area contributed by atoms with E-state index >= 15 is 0 Å². The second-order valence-corrected chi connectivity index (χ2v) is 9.87. The Balaban J connectivity index is 2.26. The molecular weight excluding hydrogens is 442 g/mol. The average Bonchev–Trinajstić information content (AvgIpc) is 3.15. The van der Waals surface area contributed by atoms with Crippen molar-refractivity contribution in [3.63, 3.8) is 0 Å². The van der Waals surface area contributed by atoms with Crippen LogP contribution >= 0.6 is 0 Å². The minimum Gasteiger partial charge on any atom is -0.467 e. The van der Waals surface area contributed by atoms with Gasteiger partial charge in [0.15, 0.2) is 0 Å². The number of alkyl carbamates (subject to hydrolysis) is 1. The number of rotatable bonds is 2. The highest BCUT2D eigenvalue weighted by Crippen LogP contribution is 2.22. The van der Waals surface area contributed by atoms with Gasteiger partial charge in [0, 0.05) is 13.0 Å². The van der Waals surface area contributed by atoms with Crippen molar-refractivity contribution in [3.05, 3.63) is 12.2 Å². The van der Waals surface area contributed by atoms with Gasteiger partial charge in [0.2, 0.25) is 11.8 Å². The molecule has 0 radical (unpaired) electrons. The van der Waals surface area contributed by atoms with Gasteiger partial charge in [0.1, 0.15) is 23.7 Å². The molecule has 2 aliphatic heterocycles. The molecule has 0 saturated carbocycles. The van der Waals surface area contributed by atoms with Crippen molar-refractivity contribution in [1.29, 1.82) is 0 Å². The van der Waals surface area contributed by atoms with E-state index in [4.69, 9.17) is 9.47 Å². The second kappa shape index (κ2) is 12.7. The van der Waals surface area contributed by atoms with Gasteiger partial charge in [-0.05, 0) is 52.9 Å². The summed E-state index contributed by atoms with van der Waals surface area (Å²) < 4.78 is 10.2. The average molecular weight is 482 g/mol. The number of carbonyl (C=O) groups is 4. The maximum Gasteiger partial charge on any atom is 0.408 e. The number of allylic oxidation sites excluding steroid dienone is 2. The third kappa shape index (κ3) is 8.62. The fourth-order valence-corrected chi connectivity index (χ4v) is 4.16. The third-order valence-electron chi connectivity index (χ3n) is 5.81. The number of nitrogens with one attached hydrogen (secondary N) is 2. The molecule has 3 N–H and O–H groups in total. The van der Waals surface area contributed by atoms with Gasteiger partial charge in [0.25, 0.3) is 0 Å². The lowest BCUT2D eigenvalue weighted by atomic mass is 10.0. The molecular formula is C24H39N3O7. The molecule has 3 amide bonds. The van der Waals surface area contributed by atoms with Gasteiger partial charge < -0.3 is 30.1 Å². The van der Waals surface area contributed by atoms with Crippen LogP contribution in [-0.4, -0.2) is 77.4 Å². The summed E-state index contributed by atoms with van der Waals surface area (Å²) in [7, 11) is 1.26. The molecule has 0 aromatic heterocycles. The van der Waals surface area contributed by atoms with Crippen LogP contribution in [0.3, 0.4) is 0 Å². The number of ether oxygens (including phenoxy) is 2. The highest BCUT2D eigenvalue weighted by Gasteiger charge is 2.42. The molecule has 1 fully saturated rings. The largest absolute Gasteiger partial charge is 0.467 e. The zero-order valence-electron chi connectivity index (χ0n) is 20.7. The van der Waals surface area contributed by atoms with Gasteiger partial charge in [-0.2, -0.15) is 0 Å². The Bertz CT molecular complexity index is 762. The Morgan fingerprint density at radius 1 is 1.12 bits per heavy atom. The predicted molar refractivity (Wildman–Crippen MR) is 125 cm³/mol. The number of amides is 3. The summed E-state index contributed by atoms with van der Waals surface area (Å²) in [6.45, 7) is 5.16. The van der Waals surface area contributed by atoms with E-state index < -0.39 is 53.7 Å². The molecule has 0 aromatic rings. The molecule has 2 rings (SSSR count). The predicted octanol–water partition coefficient (Wildman–Crippen LogP) is 1.80. The van der Waals surface area contributed by atoms with Crippen LogP contribution in [0.15, 0.2) is 12.2 Å². The summed E-state index contributed by atoms with van der Waals surface area (Å²) in [6, 6.07) is -2.71. The van der Waals surface area contributed by atoms with Crippen molar-refractivity contribution in [3.8, 4) is 0 Å². The summed E-state index contributed by atoms with van der Waals surface area (Å²) in [5.74, 6) is -1.56. The number of hydrogen-bond acceptors (Lipinski definition) is 7. The molecule has 10 nitrogen and oxygen atoms in total. The quantitative estimate of drug-likeness (QED) is 0.404. The molecule has 0 bridgehead atoms. The number of carbonyl (C=O) groups excluding carboxylic acids is 4. The molecule has 1 saturated heterocycles. The first kappa shape index (κ1) is 27.6. The molecule has 0 aliphatic carbocycles. The number of methoxy groups -OCH3 is 1. The summed E-state index contributed by atoms with van der Waals surface area (Å²) in [5, 5.41) is 15.6. The molecule has 0 spiro atoms. The van der Waals surface area contributed by atoms with Crippen LogP contribution in [0.4, 0.5) is 4.79 Å². The number of fused-ring (bicyclic) bond motifs is 1. The maximum absolute atomic E-state index is 13.4. The Morgan fingerprint density at radius 3 is 2.50 bits per heavy atom. The summed E-state index contributed by atoms with van der Waals surface area (Å²) in [6.07, 6.45) is 7.16. The van der Waals surface area contributed by atoms with Crippen LogP contribution in [0.1, 0.15) is 72.1 Å². The highest BCUT2D eigenvalue weighted by molar-refractivity contribution is 5.93. The minimum atomic E-state index is -0.957. The number of hydrogen-bond donors (Lipinski definition) is 3. The van der Waals surface area contributed by atoms with Crippen molar-refractivity contribution >= 4 is 23.9 Å². The first-order valence-electron chi connectivity index (χ1n) is 12.0. The topological polar surface area (TPSA) is 134 Å². The van der Waals surface area contributed by atoms with Crippen molar-refractivity contribution in [2.24, 2.45) is 0 Å². The van der Waals surface area contributed by atoms with Crippen LogP contribution in [0.5, 0.6) is 0 Å². The number of aliphatic hydroxyl groups excluding tert-OH is 1. The van der Waals surface area contributed by atoms with Crippen LogP contribution in [-0.2, 0) is 23.9 Å². The monoisotopic (exact) mass is 481 g/mol. The zero-order valence-corrected chi connectivity index (χ0v) is 20.7. The zero-order chi connectivity index (χ0) is 25.3. The van der Waals surface area contributed by atoms with E-state index in [0.717, 1.165) is 19.3 Å². The van der Waals surface area contributed by atoms with Crippen molar-refractivity contribution < 1.29 is 33.8 Å². The van der Waals surface area contributed by atoms with E-state index in [-0.39, 0.29) is 13.0 Å². The van der Waals surface area contributed by atoms with Crippen LogP contribution < -0.4 is 10.6 Å². The lowest BCUT2D eigenvalue weighted by Gasteiger charge is -2.30. The number of nitrogens with zero attached hydrogens (tertiary/aromatic N) is 1. The van der Waals surface area contributed by atoms with Gasteiger partial charge >= 0.3 is 12.1 Å².